The number of benzene rings is 1. The molecule has 106 valence electrons. The molecule has 1 rings (SSSR count). The Morgan fingerprint density at radius 3 is 2.53 bits per heavy atom. The van der Waals surface area contributed by atoms with Crippen LogP contribution in [0, 0.1) is 0 Å². The van der Waals surface area contributed by atoms with Crippen LogP contribution in [0.5, 0.6) is 0 Å². The summed E-state index contributed by atoms with van der Waals surface area (Å²) in [5, 5.41) is 14.0. The van der Waals surface area contributed by atoms with E-state index < -0.39 is 0 Å². The lowest BCUT2D eigenvalue weighted by Gasteiger charge is -2.08. The first-order valence-corrected chi connectivity index (χ1v) is 6.54. The van der Waals surface area contributed by atoms with Crippen LogP contribution in [-0.2, 0) is 17.9 Å². The second-order valence-corrected chi connectivity index (χ2v) is 4.14. The number of rotatable bonds is 8. The van der Waals surface area contributed by atoms with Gasteiger partial charge in [-0.3, -0.25) is 0 Å². The van der Waals surface area contributed by atoms with Gasteiger partial charge < -0.3 is 20.5 Å². The van der Waals surface area contributed by atoms with Crippen molar-refractivity contribution >= 4 is 6.03 Å². The van der Waals surface area contributed by atoms with Crippen LogP contribution in [0.3, 0.4) is 0 Å². The molecule has 2 amide bonds. The van der Waals surface area contributed by atoms with E-state index in [0.717, 1.165) is 11.1 Å². The fourth-order valence-electron chi connectivity index (χ4n) is 1.50. The summed E-state index contributed by atoms with van der Waals surface area (Å²) in [5.41, 5.74) is 2.16. The van der Waals surface area contributed by atoms with Crippen LogP contribution in [-0.4, -0.2) is 30.9 Å². The highest BCUT2D eigenvalue weighted by molar-refractivity contribution is 5.73. The molecule has 19 heavy (non-hydrogen) atoms. The molecule has 0 aromatic heterocycles. The smallest absolute Gasteiger partial charge is 0.315 e. The first-order valence-electron chi connectivity index (χ1n) is 6.54. The quantitative estimate of drug-likeness (QED) is 0.623. The van der Waals surface area contributed by atoms with Crippen LogP contribution in [0.15, 0.2) is 24.3 Å². The van der Waals surface area contributed by atoms with Crippen molar-refractivity contribution in [2.24, 2.45) is 0 Å². The number of carbonyl (C=O) groups excluding carboxylic acids is 1. The number of ether oxygens (including phenoxy) is 1. The van der Waals surface area contributed by atoms with Gasteiger partial charge in [0.1, 0.15) is 0 Å². The van der Waals surface area contributed by atoms with Crippen molar-refractivity contribution in [2.75, 3.05) is 19.8 Å². The molecule has 0 spiro atoms. The zero-order valence-electron chi connectivity index (χ0n) is 11.3. The molecule has 1 aromatic carbocycles. The summed E-state index contributed by atoms with van der Waals surface area (Å²) < 4.78 is 5.31. The van der Waals surface area contributed by atoms with E-state index in [1.54, 1.807) is 0 Å². The molecule has 0 saturated heterocycles. The first kappa shape index (κ1) is 15.5. The summed E-state index contributed by atoms with van der Waals surface area (Å²) in [4.78, 5) is 11.4. The van der Waals surface area contributed by atoms with E-state index in [-0.39, 0.29) is 12.6 Å². The molecule has 0 saturated carbocycles. The third kappa shape index (κ3) is 6.79. The maximum atomic E-state index is 11.4. The Kier molecular flexibility index (Phi) is 7.62. The Bertz CT molecular complexity index is 365. The zero-order valence-corrected chi connectivity index (χ0v) is 11.3. The van der Waals surface area contributed by atoms with Crippen molar-refractivity contribution in [2.45, 2.75) is 26.5 Å². The minimum atomic E-state index is -0.216. The normalized spacial score (nSPS) is 10.2. The molecule has 0 fully saturated rings. The van der Waals surface area contributed by atoms with Gasteiger partial charge in [-0.25, -0.2) is 4.79 Å². The summed E-state index contributed by atoms with van der Waals surface area (Å²) >= 11 is 0. The molecule has 0 aliphatic heterocycles. The van der Waals surface area contributed by atoms with E-state index >= 15 is 0 Å². The molecule has 0 heterocycles. The molecule has 0 radical (unpaired) electrons. The van der Waals surface area contributed by atoms with Crippen molar-refractivity contribution in [3.8, 4) is 0 Å². The third-order valence-corrected chi connectivity index (χ3v) is 2.57. The highest BCUT2D eigenvalue weighted by atomic mass is 16.5. The van der Waals surface area contributed by atoms with Gasteiger partial charge in [-0.15, -0.1) is 0 Å². The van der Waals surface area contributed by atoms with Crippen LogP contribution in [0.2, 0.25) is 0 Å². The van der Waals surface area contributed by atoms with E-state index in [1.165, 1.54) is 0 Å². The van der Waals surface area contributed by atoms with Crippen molar-refractivity contribution in [3.05, 3.63) is 35.4 Å². The van der Waals surface area contributed by atoms with Crippen LogP contribution in [0.4, 0.5) is 4.79 Å². The molecule has 0 atom stereocenters. The molecular weight excluding hydrogens is 244 g/mol. The van der Waals surface area contributed by atoms with Crippen LogP contribution in [0.25, 0.3) is 0 Å². The summed E-state index contributed by atoms with van der Waals surface area (Å²) in [6.45, 7) is 4.34. The number of aliphatic hydroxyl groups is 1. The van der Waals surface area contributed by atoms with E-state index in [9.17, 15) is 4.79 Å². The highest BCUT2D eigenvalue weighted by Gasteiger charge is 2.00. The predicted octanol–water partition coefficient (Wildman–Crippen LogP) is 1.40. The van der Waals surface area contributed by atoms with Gasteiger partial charge in [0, 0.05) is 26.3 Å². The summed E-state index contributed by atoms with van der Waals surface area (Å²) in [6, 6.07) is 7.73. The van der Waals surface area contributed by atoms with Gasteiger partial charge >= 0.3 is 6.03 Å². The Morgan fingerprint density at radius 1 is 1.21 bits per heavy atom. The maximum Gasteiger partial charge on any atom is 0.315 e. The third-order valence-electron chi connectivity index (χ3n) is 2.57. The van der Waals surface area contributed by atoms with Crippen LogP contribution < -0.4 is 10.6 Å². The summed E-state index contributed by atoms with van der Waals surface area (Å²) in [5.74, 6) is 0. The van der Waals surface area contributed by atoms with E-state index in [0.29, 0.717) is 32.7 Å². The first-order chi connectivity index (χ1) is 9.26. The van der Waals surface area contributed by atoms with E-state index in [4.69, 9.17) is 9.84 Å². The second-order valence-electron chi connectivity index (χ2n) is 4.14. The average Bonchev–Trinajstić information content (AvgIpc) is 2.44. The number of aliphatic hydroxyl groups excluding tert-OH is 1. The number of carbonyl (C=O) groups is 1. The van der Waals surface area contributed by atoms with E-state index in [1.807, 2.05) is 31.2 Å². The molecule has 0 unspecified atom stereocenters. The monoisotopic (exact) mass is 266 g/mol. The Hall–Kier alpha value is -1.59. The van der Waals surface area contributed by atoms with Crippen molar-refractivity contribution < 1.29 is 14.6 Å². The topological polar surface area (TPSA) is 70.6 Å². The molecule has 5 nitrogen and oxygen atoms in total. The Morgan fingerprint density at radius 2 is 1.89 bits per heavy atom. The summed E-state index contributed by atoms with van der Waals surface area (Å²) in [7, 11) is 0. The van der Waals surface area contributed by atoms with Crippen LogP contribution >= 0.6 is 0 Å². The Labute approximate surface area is 114 Å². The van der Waals surface area contributed by atoms with Gasteiger partial charge in [-0.2, -0.15) is 0 Å². The predicted molar refractivity (Wildman–Crippen MR) is 73.7 cm³/mol. The summed E-state index contributed by atoms with van der Waals surface area (Å²) in [6.07, 6.45) is 0.569. The van der Waals surface area contributed by atoms with Crippen molar-refractivity contribution in [1.29, 1.82) is 0 Å². The van der Waals surface area contributed by atoms with Crippen LogP contribution in [0.1, 0.15) is 24.5 Å². The van der Waals surface area contributed by atoms with Gasteiger partial charge in [0.05, 0.1) is 6.61 Å². The number of hydrogen-bond acceptors (Lipinski definition) is 3. The molecule has 3 N–H and O–H groups in total. The van der Waals surface area contributed by atoms with Crippen molar-refractivity contribution in [3.63, 3.8) is 0 Å². The minimum Gasteiger partial charge on any atom is -0.396 e. The lowest BCUT2D eigenvalue weighted by atomic mass is 10.1. The number of hydrogen-bond donors (Lipinski definition) is 3. The lowest BCUT2D eigenvalue weighted by molar-refractivity contribution is 0.134. The van der Waals surface area contributed by atoms with Crippen molar-refractivity contribution in [1.82, 2.24) is 10.6 Å². The average molecular weight is 266 g/mol. The van der Waals surface area contributed by atoms with Gasteiger partial charge in [0.15, 0.2) is 0 Å². The molecule has 1 aromatic rings. The van der Waals surface area contributed by atoms with E-state index in [2.05, 4.69) is 10.6 Å². The maximum absolute atomic E-state index is 11.4. The number of amides is 2. The van der Waals surface area contributed by atoms with Gasteiger partial charge in [0.2, 0.25) is 0 Å². The largest absolute Gasteiger partial charge is 0.396 e. The van der Waals surface area contributed by atoms with Gasteiger partial charge in [0.25, 0.3) is 0 Å². The lowest BCUT2D eigenvalue weighted by Crippen LogP contribution is -2.35. The molecular formula is C14H22N2O3. The molecule has 0 aliphatic carbocycles. The van der Waals surface area contributed by atoms with Gasteiger partial charge in [-0.1, -0.05) is 24.3 Å². The zero-order chi connectivity index (χ0) is 13.9. The Balaban J connectivity index is 2.27. The SMILES string of the molecule is CCOCc1ccc(CNC(=O)NCCCO)cc1. The fourth-order valence-corrected chi connectivity index (χ4v) is 1.50. The standard InChI is InChI=1S/C14H22N2O3/c1-2-19-11-13-6-4-12(5-7-13)10-16-14(18)15-8-3-9-17/h4-7,17H,2-3,8-11H2,1H3,(H2,15,16,18). The minimum absolute atomic E-state index is 0.0849. The number of nitrogens with one attached hydrogen (secondary N) is 2. The molecule has 0 bridgehead atoms. The second kappa shape index (κ2) is 9.35. The number of urea groups is 1. The van der Waals surface area contributed by atoms with Gasteiger partial charge in [-0.05, 0) is 24.5 Å². The molecule has 5 heteroatoms. The molecule has 0 aliphatic rings. The fraction of sp³-hybridized carbons (Fsp3) is 0.500. The highest BCUT2D eigenvalue weighted by Crippen LogP contribution is 2.05.